The third-order valence-corrected chi connectivity index (χ3v) is 2.81. The average molecular weight is 164 g/mol. The summed E-state index contributed by atoms with van der Waals surface area (Å²) < 4.78 is 0. The highest BCUT2D eigenvalue weighted by Crippen LogP contribution is 2.46. The van der Waals surface area contributed by atoms with E-state index in [9.17, 15) is 4.79 Å². The molecule has 2 fully saturated rings. The van der Waals surface area contributed by atoms with E-state index in [2.05, 4.69) is 11.4 Å². The fourth-order valence-corrected chi connectivity index (χ4v) is 1.22. The fourth-order valence-electron chi connectivity index (χ4n) is 1.22. The summed E-state index contributed by atoms with van der Waals surface area (Å²) in [5, 5.41) is 11.7. The molecule has 0 bridgehead atoms. The molecule has 2 aliphatic rings. The molecule has 0 spiro atoms. The minimum absolute atomic E-state index is 0.0174. The maximum atomic E-state index is 11.5. The molecule has 0 aromatic heterocycles. The van der Waals surface area contributed by atoms with E-state index in [0.29, 0.717) is 0 Å². The first-order chi connectivity index (χ1) is 5.60. The summed E-state index contributed by atoms with van der Waals surface area (Å²) in [6.45, 7) is 2.03. The summed E-state index contributed by atoms with van der Waals surface area (Å²) in [5.74, 6) is -0.0509. The number of carbonyl (C=O) groups is 1. The Morgan fingerprint density at radius 1 is 1.42 bits per heavy atom. The Labute approximate surface area is 71.8 Å². The number of nitrogens with one attached hydrogen (secondary N) is 1. The Bertz CT molecular complexity index is 269. The van der Waals surface area contributed by atoms with Gasteiger partial charge in [0.25, 0.3) is 0 Å². The summed E-state index contributed by atoms with van der Waals surface area (Å²) >= 11 is 0. The van der Waals surface area contributed by atoms with Gasteiger partial charge in [0, 0.05) is 5.54 Å². The molecule has 0 radical (unpaired) electrons. The highest BCUT2D eigenvalue weighted by atomic mass is 16.2. The van der Waals surface area contributed by atoms with Gasteiger partial charge in [0.15, 0.2) is 0 Å². The molecule has 0 saturated heterocycles. The zero-order valence-corrected chi connectivity index (χ0v) is 7.18. The van der Waals surface area contributed by atoms with Crippen molar-refractivity contribution in [3.8, 4) is 6.07 Å². The first kappa shape index (κ1) is 7.60. The lowest BCUT2D eigenvalue weighted by Crippen LogP contribution is -2.39. The SMILES string of the molecule is CC1(NC(=O)C2(C#N)CC2)CC1. The van der Waals surface area contributed by atoms with Crippen molar-refractivity contribution >= 4 is 5.91 Å². The van der Waals surface area contributed by atoms with Crippen molar-refractivity contribution in [3.05, 3.63) is 0 Å². The number of nitrogens with zero attached hydrogens (tertiary/aromatic N) is 1. The van der Waals surface area contributed by atoms with Gasteiger partial charge >= 0.3 is 0 Å². The highest BCUT2D eigenvalue weighted by Gasteiger charge is 2.53. The van der Waals surface area contributed by atoms with Gasteiger partial charge in [0.2, 0.25) is 5.91 Å². The quantitative estimate of drug-likeness (QED) is 0.660. The van der Waals surface area contributed by atoms with E-state index < -0.39 is 5.41 Å². The van der Waals surface area contributed by atoms with Crippen LogP contribution in [0, 0.1) is 16.7 Å². The van der Waals surface area contributed by atoms with Crippen LogP contribution in [0.4, 0.5) is 0 Å². The van der Waals surface area contributed by atoms with Crippen LogP contribution in [0.2, 0.25) is 0 Å². The van der Waals surface area contributed by atoms with E-state index >= 15 is 0 Å². The predicted molar refractivity (Wildman–Crippen MR) is 43.1 cm³/mol. The smallest absolute Gasteiger partial charge is 0.240 e. The average Bonchev–Trinajstić information content (AvgIpc) is 2.86. The van der Waals surface area contributed by atoms with Gasteiger partial charge < -0.3 is 5.32 Å². The van der Waals surface area contributed by atoms with Gasteiger partial charge in [0.1, 0.15) is 5.41 Å². The molecule has 12 heavy (non-hydrogen) atoms. The van der Waals surface area contributed by atoms with Crippen LogP contribution in [0.5, 0.6) is 0 Å². The van der Waals surface area contributed by atoms with Gasteiger partial charge in [-0.05, 0) is 32.6 Å². The summed E-state index contributed by atoms with van der Waals surface area (Å²) in [4.78, 5) is 11.5. The van der Waals surface area contributed by atoms with Crippen LogP contribution in [0.25, 0.3) is 0 Å². The second kappa shape index (κ2) is 2.01. The van der Waals surface area contributed by atoms with Gasteiger partial charge in [-0.3, -0.25) is 4.79 Å². The summed E-state index contributed by atoms with van der Waals surface area (Å²) in [7, 11) is 0. The zero-order valence-electron chi connectivity index (χ0n) is 7.18. The van der Waals surface area contributed by atoms with Crippen molar-refractivity contribution in [1.82, 2.24) is 5.32 Å². The van der Waals surface area contributed by atoms with E-state index in [0.717, 1.165) is 25.7 Å². The van der Waals surface area contributed by atoms with Gasteiger partial charge in [-0.2, -0.15) is 5.26 Å². The molecular formula is C9H12N2O. The van der Waals surface area contributed by atoms with E-state index in [1.807, 2.05) is 6.92 Å². The van der Waals surface area contributed by atoms with Crippen molar-refractivity contribution in [2.24, 2.45) is 5.41 Å². The second-order valence-corrected chi connectivity index (χ2v) is 4.21. The first-order valence-corrected chi connectivity index (χ1v) is 4.34. The van der Waals surface area contributed by atoms with Crippen LogP contribution in [0.3, 0.4) is 0 Å². The first-order valence-electron chi connectivity index (χ1n) is 4.34. The molecule has 3 heteroatoms. The van der Waals surface area contributed by atoms with Gasteiger partial charge in [0.05, 0.1) is 6.07 Å². The lowest BCUT2D eigenvalue weighted by Gasteiger charge is -2.13. The molecular weight excluding hydrogens is 152 g/mol. The lowest BCUT2D eigenvalue weighted by atomic mass is 10.1. The topological polar surface area (TPSA) is 52.9 Å². The monoisotopic (exact) mass is 164 g/mol. The number of nitriles is 1. The predicted octanol–water partition coefficient (Wildman–Crippen LogP) is 0.959. The van der Waals surface area contributed by atoms with E-state index in [1.54, 1.807) is 0 Å². The van der Waals surface area contributed by atoms with Gasteiger partial charge in [-0.15, -0.1) is 0 Å². The van der Waals surface area contributed by atoms with Crippen LogP contribution >= 0.6 is 0 Å². The Morgan fingerprint density at radius 2 is 2.00 bits per heavy atom. The van der Waals surface area contributed by atoms with Crippen molar-refractivity contribution in [3.63, 3.8) is 0 Å². The van der Waals surface area contributed by atoms with Crippen LogP contribution in [0.1, 0.15) is 32.6 Å². The normalized spacial score (nSPS) is 27.0. The lowest BCUT2D eigenvalue weighted by molar-refractivity contribution is -0.125. The zero-order chi connectivity index (χ0) is 8.82. The molecule has 64 valence electrons. The third-order valence-electron chi connectivity index (χ3n) is 2.81. The number of carbonyl (C=O) groups excluding carboxylic acids is 1. The Kier molecular flexibility index (Phi) is 1.27. The van der Waals surface area contributed by atoms with E-state index in [4.69, 9.17) is 5.26 Å². The van der Waals surface area contributed by atoms with E-state index in [-0.39, 0.29) is 11.4 Å². The second-order valence-electron chi connectivity index (χ2n) is 4.21. The summed E-state index contributed by atoms with van der Waals surface area (Å²) in [6, 6.07) is 2.09. The minimum Gasteiger partial charge on any atom is -0.350 e. The number of hydrogen-bond acceptors (Lipinski definition) is 2. The molecule has 2 aliphatic carbocycles. The summed E-state index contributed by atoms with van der Waals surface area (Å²) in [6.07, 6.45) is 3.59. The number of hydrogen-bond donors (Lipinski definition) is 1. The molecule has 3 nitrogen and oxygen atoms in total. The highest BCUT2D eigenvalue weighted by molar-refractivity contribution is 5.89. The maximum absolute atomic E-state index is 11.5. The van der Waals surface area contributed by atoms with Crippen LogP contribution < -0.4 is 5.32 Å². The molecule has 0 aliphatic heterocycles. The van der Waals surface area contributed by atoms with Crippen LogP contribution in [-0.4, -0.2) is 11.4 Å². The molecule has 1 N–H and O–H groups in total. The Morgan fingerprint density at radius 3 is 2.33 bits per heavy atom. The molecule has 0 atom stereocenters. The number of amides is 1. The van der Waals surface area contributed by atoms with Gasteiger partial charge in [-0.1, -0.05) is 0 Å². The minimum atomic E-state index is -0.647. The molecule has 0 heterocycles. The van der Waals surface area contributed by atoms with Gasteiger partial charge in [-0.25, -0.2) is 0 Å². The molecule has 0 aromatic carbocycles. The molecule has 2 rings (SSSR count). The molecule has 0 aromatic rings. The standard InChI is InChI=1S/C9H12N2O/c1-8(2-3-8)11-7(12)9(6-10)4-5-9/h2-5H2,1H3,(H,11,12). The largest absolute Gasteiger partial charge is 0.350 e. The van der Waals surface area contributed by atoms with Crippen molar-refractivity contribution < 1.29 is 4.79 Å². The van der Waals surface area contributed by atoms with Crippen molar-refractivity contribution in [1.29, 1.82) is 5.26 Å². The van der Waals surface area contributed by atoms with Crippen molar-refractivity contribution in [2.75, 3.05) is 0 Å². The molecule has 1 amide bonds. The fraction of sp³-hybridized carbons (Fsp3) is 0.778. The Balaban J connectivity index is 1.98. The molecule has 2 saturated carbocycles. The Hall–Kier alpha value is -1.04. The maximum Gasteiger partial charge on any atom is 0.240 e. The number of rotatable bonds is 2. The van der Waals surface area contributed by atoms with E-state index in [1.165, 1.54) is 0 Å². The molecule has 0 unspecified atom stereocenters. The van der Waals surface area contributed by atoms with Crippen LogP contribution in [-0.2, 0) is 4.79 Å². The summed E-state index contributed by atoms with van der Waals surface area (Å²) in [5.41, 5.74) is -0.630. The van der Waals surface area contributed by atoms with Crippen LogP contribution in [0.15, 0.2) is 0 Å². The van der Waals surface area contributed by atoms with Crippen molar-refractivity contribution in [2.45, 2.75) is 38.1 Å². The third kappa shape index (κ3) is 1.08.